The molecular formula is C19H21N5O2S. The van der Waals surface area contributed by atoms with E-state index in [1.165, 1.54) is 11.3 Å². The summed E-state index contributed by atoms with van der Waals surface area (Å²) in [7, 11) is 0. The van der Waals surface area contributed by atoms with Gasteiger partial charge in [-0.15, -0.1) is 11.3 Å². The number of aryl methyl sites for hydroxylation is 2. The van der Waals surface area contributed by atoms with Crippen LogP contribution in [0.1, 0.15) is 40.5 Å². The van der Waals surface area contributed by atoms with Crippen molar-refractivity contribution in [2.75, 3.05) is 13.1 Å². The molecule has 0 atom stereocenters. The van der Waals surface area contributed by atoms with Crippen LogP contribution in [0.3, 0.4) is 0 Å². The number of nitrogens with zero attached hydrogens (tertiary/aromatic N) is 5. The van der Waals surface area contributed by atoms with E-state index in [4.69, 9.17) is 4.52 Å². The number of hydrogen-bond donors (Lipinski definition) is 0. The van der Waals surface area contributed by atoms with Crippen molar-refractivity contribution in [3.63, 3.8) is 0 Å². The highest BCUT2D eigenvalue weighted by molar-refractivity contribution is 7.07. The highest BCUT2D eigenvalue weighted by atomic mass is 32.1. The van der Waals surface area contributed by atoms with E-state index in [2.05, 4.69) is 20.1 Å². The van der Waals surface area contributed by atoms with Gasteiger partial charge >= 0.3 is 0 Å². The van der Waals surface area contributed by atoms with Gasteiger partial charge in [0, 0.05) is 24.2 Å². The lowest BCUT2D eigenvalue weighted by Crippen LogP contribution is -2.39. The van der Waals surface area contributed by atoms with Crippen LogP contribution in [-0.2, 0) is 6.42 Å². The summed E-state index contributed by atoms with van der Waals surface area (Å²) < 4.78 is 5.25. The molecule has 0 radical (unpaired) electrons. The van der Waals surface area contributed by atoms with E-state index < -0.39 is 0 Å². The van der Waals surface area contributed by atoms with Gasteiger partial charge in [-0.3, -0.25) is 4.79 Å². The average molecular weight is 383 g/mol. The van der Waals surface area contributed by atoms with E-state index >= 15 is 0 Å². The molecule has 7 nitrogen and oxygen atoms in total. The van der Waals surface area contributed by atoms with E-state index in [0.717, 1.165) is 60.8 Å². The lowest BCUT2D eigenvalue weighted by molar-refractivity contribution is 0.0685. The van der Waals surface area contributed by atoms with Crippen molar-refractivity contribution in [1.82, 2.24) is 25.0 Å². The first-order valence-corrected chi connectivity index (χ1v) is 9.97. The lowest BCUT2D eigenvalue weighted by Gasteiger charge is -2.31. The van der Waals surface area contributed by atoms with Crippen LogP contribution in [0.15, 0.2) is 27.8 Å². The second-order valence-electron chi connectivity index (χ2n) is 6.91. The zero-order chi connectivity index (χ0) is 18.8. The number of aromatic nitrogens is 4. The second-order valence-corrected chi connectivity index (χ2v) is 7.63. The first-order valence-electron chi connectivity index (χ1n) is 9.03. The van der Waals surface area contributed by atoms with Crippen molar-refractivity contribution in [2.24, 2.45) is 5.92 Å². The summed E-state index contributed by atoms with van der Waals surface area (Å²) in [4.78, 5) is 27.3. The molecule has 1 amide bonds. The van der Waals surface area contributed by atoms with E-state index in [9.17, 15) is 4.79 Å². The maximum atomic E-state index is 12.4. The number of rotatable bonds is 4. The van der Waals surface area contributed by atoms with Crippen molar-refractivity contribution in [3.8, 4) is 11.3 Å². The third kappa shape index (κ3) is 3.75. The van der Waals surface area contributed by atoms with Crippen LogP contribution >= 0.6 is 11.3 Å². The summed E-state index contributed by atoms with van der Waals surface area (Å²) in [6.45, 7) is 5.35. The van der Waals surface area contributed by atoms with Crippen LogP contribution in [0, 0.1) is 19.8 Å². The lowest BCUT2D eigenvalue weighted by atomic mass is 9.91. The Morgan fingerprint density at radius 3 is 2.74 bits per heavy atom. The van der Waals surface area contributed by atoms with Gasteiger partial charge in [-0.2, -0.15) is 0 Å². The largest absolute Gasteiger partial charge is 0.361 e. The van der Waals surface area contributed by atoms with Crippen molar-refractivity contribution in [3.05, 3.63) is 46.1 Å². The summed E-state index contributed by atoms with van der Waals surface area (Å²) in [5.74, 6) is 1.32. The van der Waals surface area contributed by atoms with E-state index in [0.29, 0.717) is 11.6 Å². The van der Waals surface area contributed by atoms with Gasteiger partial charge in [0.2, 0.25) is 0 Å². The third-order valence-electron chi connectivity index (χ3n) is 5.06. The van der Waals surface area contributed by atoms with Gasteiger partial charge in [-0.25, -0.2) is 15.0 Å². The van der Waals surface area contributed by atoms with Gasteiger partial charge in [0.25, 0.3) is 5.91 Å². The molecule has 4 rings (SSSR count). The van der Waals surface area contributed by atoms with Crippen molar-refractivity contribution in [2.45, 2.75) is 33.1 Å². The molecule has 1 saturated heterocycles. The minimum atomic E-state index is 0.0393. The molecule has 0 aromatic carbocycles. The van der Waals surface area contributed by atoms with Crippen LogP contribution in [0.4, 0.5) is 0 Å². The monoisotopic (exact) mass is 383 g/mol. The Bertz CT molecular complexity index is 910. The number of likely N-dealkylation sites (tertiary alicyclic amines) is 1. The van der Waals surface area contributed by atoms with E-state index in [1.807, 2.05) is 30.2 Å². The summed E-state index contributed by atoms with van der Waals surface area (Å²) in [6.07, 6.45) is 4.44. The molecule has 140 valence electrons. The normalized spacial score (nSPS) is 15.3. The Morgan fingerprint density at radius 1 is 1.26 bits per heavy atom. The molecule has 1 fully saturated rings. The Labute approximate surface area is 161 Å². The molecule has 0 N–H and O–H groups in total. The second kappa shape index (κ2) is 7.56. The number of hydrogen-bond acceptors (Lipinski definition) is 7. The number of carbonyl (C=O) groups excluding carboxylic acids is 1. The minimum Gasteiger partial charge on any atom is -0.361 e. The molecule has 0 bridgehead atoms. The van der Waals surface area contributed by atoms with Gasteiger partial charge < -0.3 is 9.42 Å². The fourth-order valence-corrected chi connectivity index (χ4v) is 4.14. The Hall–Kier alpha value is -2.61. The number of thiazole rings is 1. The van der Waals surface area contributed by atoms with Crippen molar-refractivity contribution in [1.29, 1.82) is 0 Å². The molecule has 0 spiro atoms. The highest BCUT2D eigenvalue weighted by Crippen LogP contribution is 2.27. The van der Waals surface area contributed by atoms with Crippen molar-refractivity contribution < 1.29 is 9.32 Å². The maximum absolute atomic E-state index is 12.4. The van der Waals surface area contributed by atoms with E-state index in [-0.39, 0.29) is 5.91 Å². The first-order chi connectivity index (χ1) is 13.1. The van der Waals surface area contributed by atoms with Crippen LogP contribution in [0.5, 0.6) is 0 Å². The van der Waals surface area contributed by atoms with Crippen LogP contribution in [0.25, 0.3) is 11.3 Å². The summed E-state index contributed by atoms with van der Waals surface area (Å²) >= 11 is 1.45. The zero-order valence-corrected chi connectivity index (χ0v) is 16.2. The first kappa shape index (κ1) is 17.8. The smallest absolute Gasteiger partial charge is 0.273 e. The molecule has 1 aliphatic heterocycles. The average Bonchev–Trinajstić information content (AvgIpc) is 3.32. The molecule has 1 aliphatic rings. The fourth-order valence-electron chi connectivity index (χ4n) is 3.61. The number of carbonyl (C=O) groups is 1. The molecule has 27 heavy (non-hydrogen) atoms. The van der Waals surface area contributed by atoms with Crippen molar-refractivity contribution >= 4 is 17.2 Å². The standard InChI is InChI=1S/C19H21N5O2S/c1-12-18(13(2)26-23-12)16-8-15(20-10-21-16)7-14-3-5-24(6-4-14)19(25)17-9-27-11-22-17/h8-11,14H,3-7H2,1-2H3. The molecular weight excluding hydrogens is 362 g/mol. The highest BCUT2D eigenvalue weighted by Gasteiger charge is 2.25. The Kier molecular flexibility index (Phi) is 4.98. The van der Waals surface area contributed by atoms with Gasteiger partial charge in [-0.1, -0.05) is 5.16 Å². The number of piperidine rings is 1. The molecule has 0 saturated carbocycles. The predicted molar refractivity (Wildman–Crippen MR) is 101 cm³/mol. The SMILES string of the molecule is Cc1noc(C)c1-c1cc(CC2CCN(C(=O)c3cscn3)CC2)ncn1. The van der Waals surface area contributed by atoms with Crippen LogP contribution in [0.2, 0.25) is 0 Å². The molecule has 0 unspecified atom stereocenters. The van der Waals surface area contributed by atoms with Crippen LogP contribution < -0.4 is 0 Å². The Morgan fingerprint density at radius 2 is 2.07 bits per heavy atom. The van der Waals surface area contributed by atoms with Gasteiger partial charge in [0.05, 0.1) is 22.5 Å². The van der Waals surface area contributed by atoms with Crippen LogP contribution in [-0.4, -0.2) is 44.0 Å². The molecule has 4 heterocycles. The molecule has 3 aromatic heterocycles. The fraction of sp³-hybridized carbons (Fsp3) is 0.421. The zero-order valence-electron chi connectivity index (χ0n) is 15.4. The van der Waals surface area contributed by atoms with E-state index in [1.54, 1.807) is 11.8 Å². The summed E-state index contributed by atoms with van der Waals surface area (Å²) in [5, 5.41) is 5.82. The Balaban J connectivity index is 1.40. The van der Waals surface area contributed by atoms with Gasteiger partial charge in [-0.05, 0) is 45.1 Å². The molecule has 8 heteroatoms. The predicted octanol–water partition coefficient (Wildman–Crippen LogP) is 3.30. The maximum Gasteiger partial charge on any atom is 0.273 e. The topological polar surface area (TPSA) is 85.0 Å². The number of amides is 1. The summed E-state index contributed by atoms with van der Waals surface area (Å²) in [5.41, 5.74) is 5.91. The molecule has 3 aromatic rings. The van der Waals surface area contributed by atoms with Gasteiger partial charge in [0.15, 0.2) is 0 Å². The molecule has 0 aliphatic carbocycles. The quantitative estimate of drug-likeness (QED) is 0.687. The van der Waals surface area contributed by atoms with Gasteiger partial charge in [0.1, 0.15) is 17.8 Å². The summed E-state index contributed by atoms with van der Waals surface area (Å²) in [6, 6.07) is 2.03. The minimum absolute atomic E-state index is 0.0393. The third-order valence-corrected chi connectivity index (χ3v) is 5.65.